The number of unbranched alkanes of at least 4 members (excludes halogenated alkanes) is 1. The van der Waals surface area contributed by atoms with Crippen LogP contribution in [0.2, 0.25) is 0 Å². The third-order valence-corrected chi connectivity index (χ3v) is 3.31. The zero-order valence-electron chi connectivity index (χ0n) is 11.6. The van der Waals surface area contributed by atoms with Crippen LogP contribution >= 0.6 is 0 Å². The van der Waals surface area contributed by atoms with Crippen molar-refractivity contribution >= 4 is 5.97 Å². The fraction of sp³-hybridized carbons (Fsp3) is 0.929. The minimum Gasteiger partial charge on any atom is -0.465 e. The summed E-state index contributed by atoms with van der Waals surface area (Å²) in [5.41, 5.74) is -0.366. The van der Waals surface area contributed by atoms with Crippen LogP contribution in [-0.4, -0.2) is 25.7 Å². The minimum absolute atomic E-state index is 0.0839. The lowest BCUT2D eigenvalue weighted by atomic mass is 9.92. The van der Waals surface area contributed by atoms with Crippen LogP contribution in [0.5, 0.6) is 0 Å². The second-order valence-corrected chi connectivity index (χ2v) is 6.08. The number of carbonyl (C=O) groups is 1. The summed E-state index contributed by atoms with van der Waals surface area (Å²) in [5, 5.41) is 3.38. The average Bonchev–Trinajstić information content (AvgIpc) is 2.28. The topological polar surface area (TPSA) is 38.3 Å². The van der Waals surface area contributed by atoms with Gasteiger partial charge in [-0.15, -0.1) is 0 Å². The van der Waals surface area contributed by atoms with Crippen molar-refractivity contribution in [1.29, 1.82) is 0 Å². The molecule has 1 aliphatic heterocycles. The van der Waals surface area contributed by atoms with Gasteiger partial charge in [-0.3, -0.25) is 4.79 Å². The molecule has 17 heavy (non-hydrogen) atoms. The van der Waals surface area contributed by atoms with Gasteiger partial charge in [-0.05, 0) is 65.5 Å². The maximum absolute atomic E-state index is 11.5. The van der Waals surface area contributed by atoms with Crippen molar-refractivity contribution in [3.63, 3.8) is 0 Å². The Labute approximate surface area is 105 Å². The summed E-state index contributed by atoms with van der Waals surface area (Å²) in [7, 11) is 0. The highest BCUT2D eigenvalue weighted by atomic mass is 16.5. The van der Waals surface area contributed by atoms with E-state index >= 15 is 0 Å². The van der Waals surface area contributed by atoms with E-state index in [1.54, 1.807) is 0 Å². The summed E-state index contributed by atoms with van der Waals surface area (Å²) in [6.45, 7) is 8.60. The Morgan fingerprint density at radius 3 is 2.47 bits per heavy atom. The van der Waals surface area contributed by atoms with Gasteiger partial charge in [-0.1, -0.05) is 6.42 Å². The van der Waals surface area contributed by atoms with Crippen LogP contribution in [0.25, 0.3) is 0 Å². The summed E-state index contributed by atoms with van der Waals surface area (Å²) < 4.78 is 5.24. The third kappa shape index (κ3) is 6.06. The number of hydrogen-bond acceptors (Lipinski definition) is 3. The predicted octanol–water partition coefficient (Wildman–Crippen LogP) is 2.75. The number of piperidine rings is 1. The Kier molecular flexibility index (Phi) is 5.96. The van der Waals surface area contributed by atoms with Gasteiger partial charge in [0.25, 0.3) is 0 Å². The predicted molar refractivity (Wildman–Crippen MR) is 69.9 cm³/mol. The summed E-state index contributed by atoms with van der Waals surface area (Å²) >= 11 is 0. The molecule has 0 aromatic rings. The first-order chi connectivity index (χ1) is 8.00. The van der Waals surface area contributed by atoms with E-state index in [1.165, 1.54) is 38.8 Å². The number of ether oxygens (including phenoxy) is 1. The van der Waals surface area contributed by atoms with E-state index in [2.05, 4.69) is 5.32 Å². The standard InChI is InChI=1S/C14H27NO2/c1-14(2,3)13(16)17-11-5-4-6-12-7-9-15-10-8-12/h12,15H,4-11H2,1-3H3. The van der Waals surface area contributed by atoms with Gasteiger partial charge in [-0.25, -0.2) is 0 Å². The van der Waals surface area contributed by atoms with Gasteiger partial charge in [-0.2, -0.15) is 0 Å². The number of rotatable bonds is 5. The number of nitrogens with one attached hydrogen (secondary N) is 1. The van der Waals surface area contributed by atoms with E-state index < -0.39 is 0 Å². The van der Waals surface area contributed by atoms with Crippen molar-refractivity contribution in [2.75, 3.05) is 19.7 Å². The van der Waals surface area contributed by atoms with Crippen molar-refractivity contribution < 1.29 is 9.53 Å². The van der Waals surface area contributed by atoms with E-state index in [9.17, 15) is 4.79 Å². The number of carbonyl (C=O) groups excluding carboxylic acids is 1. The van der Waals surface area contributed by atoms with Crippen LogP contribution < -0.4 is 5.32 Å². The SMILES string of the molecule is CC(C)(C)C(=O)OCCCCC1CCNCC1. The molecule has 3 nitrogen and oxygen atoms in total. The van der Waals surface area contributed by atoms with E-state index in [1.807, 2.05) is 20.8 Å². The zero-order chi connectivity index (χ0) is 12.7. The molecule has 3 heteroatoms. The fourth-order valence-electron chi connectivity index (χ4n) is 2.09. The van der Waals surface area contributed by atoms with Crippen molar-refractivity contribution in [3.8, 4) is 0 Å². The van der Waals surface area contributed by atoms with Crippen LogP contribution in [0.15, 0.2) is 0 Å². The normalized spacial score (nSPS) is 18.1. The Hall–Kier alpha value is -0.570. The maximum Gasteiger partial charge on any atom is 0.311 e. The van der Waals surface area contributed by atoms with Crippen molar-refractivity contribution in [2.24, 2.45) is 11.3 Å². The second kappa shape index (κ2) is 7.00. The molecule has 1 heterocycles. The van der Waals surface area contributed by atoms with E-state index in [0.29, 0.717) is 6.61 Å². The lowest BCUT2D eigenvalue weighted by Crippen LogP contribution is -2.27. The molecule has 0 aliphatic carbocycles. The molecule has 0 atom stereocenters. The first-order valence-electron chi connectivity index (χ1n) is 6.88. The molecule has 0 unspecified atom stereocenters. The molecule has 0 saturated carbocycles. The van der Waals surface area contributed by atoms with Gasteiger partial charge < -0.3 is 10.1 Å². The van der Waals surface area contributed by atoms with Crippen molar-refractivity contribution in [2.45, 2.75) is 52.9 Å². The van der Waals surface area contributed by atoms with Crippen LogP contribution in [0.1, 0.15) is 52.9 Å². The summed E-state index contributed by atoms with van der Waals surface area (Å²) in [6.07, 6.45) is 6.09. The van der Waals surface area contributed by atoms with Crippen LogP contribution in [0, 0.1) is 11.3 Å². The van der Waals surface area contributed by atoms with E-state index in [-0.39, 0.29) is 11.4 Å². The Bertz CT molecular complexity index is 227. The molecule has 1 fully saturated rings. The summed E-state index contributed by atoms with van der Waals surface area (Å²) in [5.74, 6) is 0.800. The monoisotopic (exact) mass is 241 g/mol. The van der Waals surface area contributed by atoms with Crippen LogP contribution in [-0.2, 0) is 9.53 Å². The molecule has 0 aromatic heterocycles. The fourth-order valence-corrected chi connectivity index (χ4v) is 2.09. The summed E-state index contributed by atoms with van der Waals surface area (Å²) in [4.78, 5) is 11.5. The molecule has 1 saturated heterocycles. The lowest BCUT2D eigenvalue weighted by molar-refractivity contribution is -0.153. The van der Waals surface area contributed by atoms with Gasteiger partial charge in [0.1, 0.15) is 0 Å². The van der Waals surface area contributed by atoms with Gasteiger partial charge in [0, 0.05) is 0 Å². The molecule has 0 radical (unpaired) electrons. The first-order valence-corrected chi connectivity index (χ1v) is 6.88. The highest BCUT2D eigenvalue weighted by Gasteiger charge is 2.22. The molecule has 0 bridgehead atoms. The molecule has 1 aliphatic rings. The quantitative estimate of drug-likeness (QED) is 0.594. The maximum atomic E-state index is 11.5. The first kappa shape index (κ1) is 14.5. The second-order valence-electron chi connectivity index (χ2n) is 6.08. The van der Waals surface area contributed by atoms with Crippen LogP contribution in [0.4, 0.5) is 0 Å². The zero-order valence-corrected chi connectivity index (χ0v) is 11.6. The number of esters is 1. The Morgan fingerprint density at radius 2 is 1.88 bits per heavy atom. The minimum atomic E-state index is -0.366. The number of hydrogen-bond donors (Lipinski definition) is 1. The van der Waals surface area contributed by atoms with Gasteiger partial charge in [0.2, 0.25) is 0 Å². The molecule has 100 valence electrons. The molecule has 0 spiro atoms. The van der Waals surface area contributed by atoms with Gasteiger partial charge in [0.05, 0.1) is 12.0 Å². The van der Waals surface area contributed by atoms with Crippen molar-refractivity contribution in [1.82, 2.24) is 5.32 Å². The molecule has 1 rings (SSSR count). The van der Waals surface area contributed by atoms with Crippen LogP contribution in [0.3, 0.4) is 0 Å². The van der Waals surface area contributed by atoms with E-state index in [0.717, 1.165) is 12.3 Å². The largest absolute Gasteiger partial charge is 0.465 e. The van der Waals surface area contributed by atoms with Gasteiger partial charge >= 0.3 is 5.97 Å². The van der Waals surface area contributed by atoms with E-state index in [4.69, 9.17) is 4.74 Å². The lowest BCUT2D eigenvalue weighted by Gasteiger charge is -2.22. The third-order valence-electron chi connectivity index (χ3n) is 3.31. The van der Waals surface area contributed by atoms with Gasteiger partial charge in [0.15, 0.2) is 0 Å². The Morgan fingerprint density at radius 1 is 1.24 bits per heavy atom. The smallest absolute Gasteiger partial charge is 0.311 e. The molecule has 1 N–H and O–H groups in total. The molecule has 0 amide bonds. The molecular formula is C14H27NO2. The van der Waals surface area contributed by atoms with Crippen molar-refractivity contribution in [3.05, 3.63) is 0 Å². The molecule has 0 aromatic carbocycles. The average molecular weight is 241 g/mol. The summed E-state index contributed by atoms with van der Waals surface area (Å²) in [6, 6.07) is 0. The Balaban J connectivity index is 1.99. The highest BCUT2D eigenvalue weighted by Crippen LogP contribution is 2.19. The highest BCUT2D eigenvalue weighted by molar-refractivity contribution is 5.75. The molecular weight excluding hydrogens is 214 g/mol.